The molecule has 8 nitrogen and oxygen atoms in total. The number of aliphatic hydroxyl groups is 1. The number of benzene rings is 2. The van der Waals surface area contributed by atoms with E-state index in [1.165, 1.54) is 16.7 Å². The fourth-order valence-corrected chi connectivity index (χ4v) is 5.07. The van der Waals surface area contributed by atoms with Gasteiger partial charge in [-0.3, -0.25) is 4.79 Å². The molecule has 1 aromatic heterocycles. The summed E-state index contributed by atoms with van der Waals surface area (Å²) in [6.07, 6.45) is 1.27. The second kappa shape index (κ2) is 7.94. The first-order chi connectivity index (χ1) is 14.7. The molecule has 0 radical (unpaired) electrons. The Bertz CT molecular complexity index is 1250. The number of piperidine rings is 1. The number of rotatable bonds is 4. The van der Waals surface area contributed by atoms with E-state index in [-0.39, 0.29) is 53.1 Å². The number of H-pyrrole nitrogens is 1. The molecule has 2 aromatic carbocycles. The first kappa shape index (κ1) is 21.3. The standard InChI is InChI=1S/C19H17F3N4O4S/c20-13-7-11(8-14(21)17(13)22)25-19(28)10-5-15-18(24-9-23-15)16(6-10)31(29,30)26-3-1-12(27)2-4-26/h5-9,12,27H,1-4H2,(H,23,24)(H,25,28). The zero-order valence-corrected chi connectivity index (χ0v) is 16.7. The predicted octanol–water partition coefficient (Wildman–Crippen LogP) is 2.38. The van der Waals surface area contributed by atoms with Crippen LogP contribution in [0.2, 0.25) is 0 Å². The number of amides is 1. The number of aromatic nitrogens is 2. The van der Waals surface area contributed by atoms with E-state index in [1.54, 1.807) is 0 Å². The van der Waals surface area contributed by atoms with E-state index in [0.29, 0.717) is 12.1 Å². The quantitative estimate of drug-likeness (QED) is 0.524. The molecular weight excluding hydrogens is 437 g/mol. The number of halogens is 3. The van der Waals surface area contributed by atoms with Crippen molar-refractivity contribution in [1.82, 2.24) is 14.3 Å². The molecule has 3 N–H and O–H groups in total. The van der Waals surface area contributed by atoms with Crippen molar-refractivity contribution in [2.24, 2.45) is 0 Å². The highest BCUT2D eigenvalue weighted by Gasteiger charge is 2.31. The lowest BCUT2D eigenvalue weighted by atomic mass is 10.1. The number of carbonyl (C=O) groups excluding carboxylic acids is 1. The molecule has 0 unspecified atom stereocenters. The van der Waals surface area contributed by atoms with Gasteiger partial charge in [0.15, 0.2) is 17.5 Å². The van der Waals surface area contributed by atoms with Crippen molar-refractivity contribution in [1.29, 1.82) is 0 Å². The molecule has 0 bridgehead atoms. The number of imidazole rings is 1. The fourth-order valence-electron chi connectivity index (χ4n) is 3.40. The van der Waals surface area contributed by atoms with Crippen molar-refractivity contribution in [2.75, 3.05) is 18.4 Å². The van der Waals surface area contributed by atoms with Gasteiger partial charge in [-0.2, -0.15) is 4.31 Å². The molecule has 1 amide bonds. The van der Waals surface area contributed by atoms with Gasteiger partial charge in [-0.25, -0.2) is 26.6 Å². The van der Waals surface area contributed by atoms with Crippen molar-refractivity contribution in [3.63, 3.8) is 0 Å². The van der Waals surface area contributed by atoms with Gasteiger partial charge in [-0.15, -0.1) is 0 Å². The Hall–Kier alpha value is -2.96. The average Bonchev–Trinajstić information content (AvgIpc) is 3.20. The maximum Gasteiger partial charge on any atom is 0.255 e. The van der Waals surface area contributed by atoms with E-state index in [0.717, 1.165) is 6.07 Å². The lowest BCUT2D eigenvalue weighted by Crippen LogP contribution is -2.40. The molecule has 1 aliphatic rings. The molecule has 164 valence electrons. The summed E-state index contributed by atoms with van der Waals surface area (Å²) in [6, 6.07) is 3.67. The third kappa shape index (κ3) is 4.01. The number of aromatic amines is 1. The number of carbonyl (C=O) groups is 1. The number of anilines is 1. The van der Waals surface area contributed by atoms with Crippen molar-refractivity contribution in [2.45, 2.75) is 23.8 Å². The van der Waals surface area contributed by atoms with Crippen LogP contribution in [0.3, 0.4) is 0 Å². The lowest BCUT2D eigenvalue weighted by Gasteiger charge is -2.29. The summed E-state index contributed by atoms with van der Waals surface area (Å²) in [6.45, 7) is 0.230. The smallest absolute Gasteiger partial charge is 0.255 e. The average molecular weight is 454 g/mol. The molecule has 0 aliphatic carbocycles. The highest BCUT2D eigenvalue weighted by Crippen LogP contribution is 2.28. The van der Waals surface area contributed by atoms with E-state index in [2.05, 4.69) is 15.3 Å². The maximum atomic E-state index is 13.4. The molecule has 1 fully saturated rings. The van der Waals surface area contributed by atoms with E-state index in [9.17, 15) is 31.5 Å². The van der Waals surface area contributed by atoms with Gasteiger partial charge in [0, 0.05) is 36.5 Å². The topological polar surface area (TPSA) is 115 Å². The van der Waals surface area contributed by atoms with E-state index < -0.39 is 39.5 Å². The van der Waals surface area contributed by atoms with E-state index >= 15 is 0 Å². The molecule has 4 rings (SSSR count). The molecule has 0 atom stereocenters. The summed E-state index contributed by atoms with van der Waals surface area (Å²) < 4.78 is 67.6. The summed E-state index contributed by atoms with van der Waals surface area (Å²) in [7, 11) is -4.03. The number of nitrogens with zero attached hydrogens (tertiary/aromatic N) is 2. The van der Waals surface area contributed by atoms with Gasteiger partial charge in [-0.05, 0) is 25.0 Å². The van der Waals surface area contributed by atoms with Gasteiger partial charge in [0.25, 0.3) is 5.91 Å². The van der Waals surface area contributed by atoms with Gasteiger partial charge in [-0.1, -0.05) is 0 Å². The highest BCUT2D eigenvalue weighted by molar-refractivity contribution is 7.89. The Kier molecular flexibility index (Phi) is 5.45. The predicted molar refractivity (Wildman–Crippen MR) is 104 cm³/mol. The molecular formula is C19H17F3N4O4S. The molecule has 1 aliphatic heterocycles. The highest BCUT2D eigenvalue weighted by atomic mass is 32.2. The summed E-state index contributed by atoms with van der Waals surface area (Å²) in [4.78, 5) is 19.2. The molecule has 0 saturated carbocycles. The second-order valence-electron chi connectivity index (χ2n) is 7.11. The Morgan fingerprint density at radius 2 is 1.77 bits per heavy atom. The maximum absolute atomic E-state index is 13.4. The normalized spacial score (nSPS) is 16.0. The van der Waals surface area contributed by atoms with Crippen LogP contribution in [0, 0.1) is 17.5 Å². The largest absolute Gasteiger partial charge is 0.393 e. The zero-order valence-electron chi connectivity index (χ0n) is 15.9. The van der Waals surface area contributed by atoms with Crippen molar-refractivity contribution >= 4 is 32.7 Å². The summed E-state index contributed by atoms with van der Waals surface area (Å²) in [5.74, 6) is -5.49. The third-order valence-electron chi connectivity index (χ3n) is 5.04. The minimum atomic E-state index is -4.03. The van der Waals surface area contributed by atoms with Gasteiger partial charge in [0.1, 0.15) is 4.90 Å². The minimum absolute atomic E-state index is 0.115. The Morgan fingerprint density at radius 1 is 1.13 bits per heavy atom. The van der Waals surface area contributed by atoms with Crippen LogP contribution in [-0.4, -0.2) is 52.9 Å². The number of hydrogen-bond donors (Lipinski definition) is 3. The van der Waals surface area contributed by atoms with Gasteiger partial charge in [0.05, 0.1) is 23.5 Å². The fraction of sp³-hybridized carbons (Fsp3) is 0.263. The van der Waals surface area contributed by atoms with Crippen molar-refractivity contribution in [3.05, 3.63) is 53.6 Å². The monoisotopic (exact) mass is 454 g/mol. The van der Waals surface area contributed by atoms with Crippen molar-refractivity contribution in [3.8, 4) is 0 Å². The van der Waals surface area contributed by atoms with Crippen LogP contribution in [-0.2, 0) is 10.0 Å². The first-order valence-electron chi connectivity index (χ1n) is 9.28. The van der Waals surface area contributed by atoms with Gasteiger partial charge in [0.2, 0.25) is 10.0 Å². The summed E-state index contributed by atoms with van der Waals surface area (Å²) in [5, 5.41) is 11.9. The van der Waals surface area contributed by atoms with Crippen LogP contribution >= 0.6 is 0 Å². The third-order valence-corrected chi connectivity index (χ3v) is 6.96. The Labute approximate surface area is 174 Å². The van der Waals surface area contributed by atoms with Crippen LogP contribution in [0.25, 0.3) is 11.0 Å². The van der Waals surface area contributed by atoms with E-state index in [4.69, 9.17) is 0 Å². The number of hydrogen-bond acceptors (Lipinski definition) is 5. The number of sulfonamides is 1. The molecule has 31 heavy (non-hydrogen) atoms. The lowest BCUT2D eigenvalue weighted by molar-refractivity contribution is 0.102. The number of fused-ring (bicyclic) bond motifs is 1. The molecule has 2 heterocycles. The Morgan fingerprint density at radius 3 is 2.42 bits per heavy atom. The van der Waals surface area contributed by atoms with Crippen LogP contribution in [0.4, 0.5) is 18.9 Å². The molecule has 1 saturated heterocycles. The van der Waals surface area contributed by atoms with Gasteiger partial charge >= 0.3 is 0 Å². The van der Waals surface area contributed by atoms with Crippen LogP contribution in [0.1, 0.15) is 23.2 Å². The molecule has 12 heteroatoms. The van der Waals surface area contributed by atoms with Crippen molar-refractivity contribution < 1.29 is 31.5 Å². The van der Waals surface area contributed by atoms with Gasteiger partial charge < -0.3 is 15.4 Å². The SMILES string of the molecule is O=C(Nc1cc(F)c(F)c(F)c1)c1cc(S(=O)(=O)N2CCC(O)CC2)c2[nH]cnc2c1. The number of aliphatic hydroxyl groups excluding tert-OH is 1. The molecule has 0 spiro atoms. The molecule has 3 aromatic rings. The van der Waals surface area contributed by atoms with Crippen LogP contribution < -0.4 is 5.32 Å². The summed E-state index contributed by atoms with van der Waals surface area (Å²) >= 11 is 0. The summed E-state index contributed by atoms with van der Waals surface area (Å²) in [5.41, 5.74) is -0.0698. The number of nitrogens with one attached hydrogen (secondary N) is 2. The minimum Gasteiger partial charge on any atom is -0.393 e. The van der Waals surface area contributed by atoms with Crippen LogP contribution in [0.5, 0.6) is 0 Å². The Balaban J connectivity index is 1.71. The van der Waals surface area contributed by atoms with E-state index in [1.807, 2.05) is 0 Å². The van der Waals surface area contributed by atoms with Crippen LogP contribution in [0.15, 0.2) is 35.5 Å². The second-order valence-corrected chi connectivity index (χ2v) is 9.02. The zero-order chi connectivity index (χ0) is 22.3. The first-order valence-corrected chi connectivity index (χ1v) is 10.7.